The smallest absolute Gasteiger partial charge is 0.176 e. The molecule has 21 heavy (non-hydrogen) atoms. The van der Waals surface area contributed by atoms with E-state index >= 15 is 0 Å². The molecule has 3 nitrogen and oxygen atoms in total. The molecule has 4 heteroatoms. The summed E-state index contributed by atoms with van der Waals surface area (Å²) in [6, 6.07) is 4.17. The summed E-state index contributed by atoms with van der Waals surface area (Å²) >= 11 is 0. The van der Waals surface area contributed by atoms with Gasteiger partial charge in [0.2, 0.25) is 0 Å². The molecule has 2 aromatic rings. The number of aromatic nitrogens is 1. The summed E-state index contributed by atoms with van der Waals surface area (Å²) in [6.45, 7) is 2.19. The second kappa shape index (κ2) is 4.29. The zero-order chi connectivity index (χ0) is 14.8. The van der Waals surface area contributed by atoms with Crippen LogP contribution in [0, 0.1) is 5.92 Å². The van der Waals surface area contributed by atoms with Crippen LogP contribution in [-0.2, 0) is 22.7 Å². The summed E-state index contributed by atoms with van der Waals surface area (Å²) in [6.07, 6.45) is 7.39. The van der Waals surface area contributed by atoms with Gasteiger partial charge in [0.05, 0.1) is 4.90 Å². The maximum absolute atomic E-state index is 12.4. The van der Waals surface area contributed by atoms with Crippen LogP contribution in [0.15, 0.2) is 23.2 Å². The van der Waals surface area contributed by atoms with E-state index in [1.807, 2.05) is 12.3 Å². The first kappa shape index (κ1) is 13.3. The molecule has 2 aliphatic carbocycles. The molecule has 0 spiro atoms. The normalized spacial score (nSPS) is 21.7. The highest BCUT2D eigenvalue weighted by molar-refractivity contribution is 7.91. The molecule has 0 bridgehead atoms. The van der Waals surface area contributed by atoms with Crippen molar-refractivity contribution in [2.75, 3.05) is 6.26 Å². The molecule has 1 fully saturated rings. The highest BCUT2D eigenvalue weighted by atomic mass is 32.2. The van der Waals surface area contributed by atoms with Crippen LogP contribution in [-0.4, -0.2) is 19.7 Å². The summed E-state index contributed by atoms with van der Waals surface area (Å²) in [7, 11) is -3.23. The van der Waals surface area contributed by atoms with E-state index in [4.69, 9.17) is 0 Å². The first-order valence-corrected chi connectivity index (χ1v) is 9.47. The van der Waals surface area contributed by atoms with Crippen molar-refractivity contribution in [2.45, 2.75) is 43.4 Å². The van der Waals surface area contributed by atoms with Crippen molar-refractivity contribution < 1.29 is 8.42 Å². The van der Waals surface area contributed by atoms with Crippen LogP contribution in [0.4, 0.5) is 0 Å². The fourth-order valence-corrected chi connectivity index (χ4v) is 4.84. The number of fused-ring (bicyclic) bond motifs is 2. The van der Waals surface area contributed by atoms with Crippen molar-refractivity contribution in [2.24, 2.45) is 5.92 Å². The Balaban J connectivity index is 2.07. The highest BCUT2D eigenvalue weighted by Crippen LogP contribution is 2.42. The van der Waals surface area contributed by atoms with Gasteiger partial charge in [-0.3, -0.25) is 4.98 Å². The van der Waals surface area contributed by atoms with Gasteiger partial charge in [-0.15, -0.1) is 0 Å². The molecule has 110 valence electrons. The lowest BCUT2D eigenvalue weighted by Gasteiger charge is -2.12. The van der Waals surface area contributed by atoms with Crippen molar-refractivity contribution in [1.82, 2.24) is 4.98 Å². The van der Waals surface area contributed by atoms with Gasteiger partial charge >= 0.3 is 0 Å². The van der Waals surface area contributed by atoms with Crippen molar-refractivity contribution in [3.63, 3.8) is 0 Å². The highest BCUT2D eigenvalue weighted by Gasteiger charge is 2.29. The molecule has 4 rings (SSSR count). The average Bonchev–Trinajstić information content (AvgIpc) is 3.16. The molecule has 1 atom stereocenters. The second-order valence-electron chi connectivity index (χ2n) is 6.73. The van der Waals surface area contributed by atoms with E-state index in [1.54, 1.807) is 0 Å². The predicted octanol–water partition coefficient (Wildman–Crippen LogP) is 3.25. The van der Waals surface area contributed by atoms with E-state index in [1.165, 1.54) is 24.7 Å². The molecular weight excluding hydrogens is 282 g/mol. The maximum Gasteiger partial charge on any atom is 0.176 e. The third-order valence-electron chi connectivity index (χ3n) is 4.68. The molecule has 0 unspecified atom stereocenters. The number of hydrogen-bond acceptors (Lipinski definition) is 3. The molecule has 0 aliphatic heterocycles. The summed E-state index contributed by atoms with van der Waals surface area (Å²) in [4.78, 5) is 5.10. The lowest BCUT2D eigenvalue weighted by molar-refractivity contribution is 0.599. The second-order valence-corrected chi connectivity index (χ2v) is 8.69. The minimum atomic E-state index is -3.23. The van der Waals surface area contributed by atoms with E-state index in [2.05, 4.69) is 18.0 Å². The van der Waals surface area contributed by atoms with Crippen LogP contribution in [0.1, 0.15) is 42.5 Å². The minimum Gasteiger partial charge on any atom is -0.260 e. The molecule has 0 amide bonds. The number of sulfone groups is 1. The number of pyridine rings is 1. The Labute approximate surface area is 125 Å². The third kappa shape index (κ3) is 2.16. The topological polar surface area (TPSA) is 47.0 Å². The zero-order valence-corrected chi connectivity index (χ0v) is 13.2. The summed E-state index contributed by atoms with van der Waals surface area (Å²) < 4.78 is 24.8. The number of nitrogens with zero attached hydrogens (tertiary/aromatic N) is 1. The monoisotopic (exact) mass is 301 g/mol. The zero-order valence-electron chi connectivity index (χ0n) is 12.4. The summed E-state index contributed by atoms with van der Waals surface area (Å²) in [5.41, 5.74) is 3.29. The molecule has 0 N–H and O–H groups in total. The van der Waals surface area contributed by atoms with Crippen LogP contribution in [0.2, 0.25) is 0 Å². The standard InChI is InChI=1S/C17H19NO2S/c1-10-5-12-7-13-9-18-16(11-3-4-11)8-15(13)17(14(12)6-10)21(2,19)20/h7-11H,3-6H2,1-2H3/t10-/m0/s1. The Bertz CT molecular complexity index is 851. The number of rotatable bonds is 2. The van der Waals surface area contributed by atoms with Gasteiger partial charge in [0.25, 0.3) is 0 Å². The first-order chi connectivity index (χ1) is 9.93. The predicted molar refractivity (Wildman–Crippen MR) is 83.4 cm³/mol. The largest absolute Gasteiger partial charge is 0.260 e. The van der Waals surface area contributed by atoms with E-state index in [0.29, 0.717) is 16.7 Å². The van der Waals surface area contributed by atoms with Crippen LogP contribution < -0.4 is 0 Å². The lowest BCUT2D eigenvalue weighted by Crippen LogP contribution is -2.05. The Morgan fingerprint density at radius 1 is 1.19 bits per heavy atom. The quantitative estimate of drug-likeness (QED) is 0.855. The fraction of sp³-hybridized carbons (Fsp3) is 0.471. The van der Waals surface area contributed by atoms with Gasteiger partial charge in [0.1, 0.15) is 0 Å². The molecule has 2 aliphatic rings. The van der Waals surface area contributed by atoms with E-state index in [9.17, 15) is 8.42 Å². The Hall–Kier alpha value is -1.42. The SMILES string of the molecule is C[C@H]1Cc2cc3cnc(C4CC4)cc3c(S(C)(=O)=O)c2C1. The fourth-order valence-electron chi connectivity index (χ4n) is 3.60. The van der Waals surface area contributed by atoms with Crippen LogP contribution >= 0.6 is 0 Å². The van der Waals surface area contributed by atoms with E-state index < -0.39 is 9.84 Å². The summed E-state index contributed by atoms with van der Waals surface area (Å²) in [5, 5.41) is 1.84. The first-order valence-electron chi connectivity index (χ1n) is 7.58. The number of benzene rings is 1. The molecular formula is C17H19NO2S. The maximum atomic E-state index is 12.4. The Kier molecular flexibility index (Phi) is 2.71. The van der Waals surface area contributed by atoms with Gasteiger partial charge in [0, 0.05) is 34.8 Å². The Morgan fingerprint density at radius 3 is 2.62 bits per heavy atom. The van der Waals surface area contributed by atoms with Gasteiger partial charge in [-0.1, -0.05) is 6.92 Å². The van der Waals surface area contributed by atoms with Crippen molar-refractivity contribution in [3.05, 3.63) is 35.2 Å². The van der Waals surface area contributed by atoms with Gasteiger partial charge < -0.3 is 0 Å². The third-order valence-corrected chi connectivity index (χ3v) is 5.89. The van der Waals surface area contributed by atoms with Crippen LogP contribution in [0.3, 0.4) is 0 Å². The van der Waals surface area contributed by atoms with Crippen LogP contribution in [0.5, 0.6) is 0 Å². The van der Waals surface area contributed by atoms with E-state index in [0.717, 1.165) is 34.9 Å². The van der Waals surface area contributed by atoms with Gasteiger partial charge in [-0.05, 0) is 54.9 Å². The van der Waals surface area contributed by atoms with Crippen molar-refractivity contribution >= 4 is 20.6 Å². The van der Waals surface area contributed by atoms with Gasteiger partial charge in [0.15, 0.2) is 9.84 Å². The van der Waals surface area contributed by atoms with Crippen LogP contribution in [0.25, 0.3) is 10.8 Å². The molecule has 0 radical (unpaired) electrons. The molecule has 1 heterocycles. The average molecular weight is 301 g/mol. The Morgan fingerprint density at radius 2 is 1.95 bits per heavy atom. The molecule has 1 aromatic heterocycles. The minimum absolute atomic E-state index is 0.521. The van der Waals surface area contributed by atoms with Crippen molar-refractivity contribution in [3.8, 4) is 0 Å². The molecule has 1 saturated carbocycles. The van der Waals surface area contributed by atoms with Crippen molar-refractivity contribution in [1.29, 1.82) is 0 Å². The van der Waals surface area contributed by atoms with E-state index in [-0.39, 0.29) is 0 Å². The lowest BCUT2D eigenvalue weighted by atomic mass is 10.0. The molecule has 1 aromatic carbocycles. The number of hydrogen-bond donors (Lipinski definition) is 0. The molecule has 0 saturated heterocycles. The van der Waals surface area contributed by atoms with Gasteiger partial charge in [-0.25, -0.2) is 8.42 Å². The summed E-state index contributed by atoms with van der Waals surface area (Å²) in [5.74, 6) is 1.06. The van der Waals surface area contributed by atoms with Gasteiger partial charge in [-0.2, -0.15) is 0 Å².